The van der Waals surface area contributed by atoms with Gasteiger partial charge in [0.15, 0.2) is 0 Å². The molecule has 1 aliphatic rings. The lowest BCUT2D eigenvalue weighted by molar-refractivity contribution is 0.711. The Labute approximate surface area is 77.3 Å². The molecule has 3 heteroatoms. The maximum Gasteiger partial charge on any atom is 0.0628 e. The van der Waals surface area contributed by atoms with Crippen LogP contribution in [-0.4, -0.2) is 21.3 Å². The molecule has 0 fully saturated rings. The Morgan fingerprint density at radius 2 is 2.08 bits per heavy atom. The van der Waals surface area contributed by atoms with Crippen molar-refractivity contribution in [2.24, 2.45) is 7.05 Å². The van der Waals surface area contributed by atoms with Crippen LogP contribution in [0.1, 0.15) is 17.0 Å². The van der Waals surface area contributed by atoms with Crippen molar-refractivity contribution in [3.63, 3.8) is 0 Å². The molecule has 0 atom stereocenters. The third kappa shape index (κ3) is 1.26. The van der Waals surface area contributed by atoms with Gasteiger partial charge in [-0.05, 0) is 36.8 Å². The molecule has 66 valence electrons. The minimum atomic E-state index is 1.19. The zero-order valence-electron chi connectivity index (χ0n) is 7.63. The Bertz CT molecular complexity index is 264. The number of hydrogen-bond acceptors (Lipinski definition) is 2. The molecule has 0 saturated carbocycles. The van der Waals surface area contributed by atoms with E-state index in [0.717, 1.165) is 0 Å². The summed E-state index contributed by atoms with van der Waals surface area (Å²) >= 11 is 2.05. The molecule has 0 N–H and O–H groups in total. The summed E-state index contributed by atoms with van der Waals surface area (Å²) in [5.41, 5.74) is 4.19. The number of aryl methyl sites for hydroxylation is 2. The highest BCUT2D eigenvalue weighted by atomic mass is 32.2. The summed E-state index contributed by atoms with van der Waals surface area (Å²) in [6.07, 6.45) is 2.40. The molecule has 2 nitrogen and oxygen atoms in total. The highest BCUT2D eigenvalue weighted by molar-refractivity contribution is 7.99. The van der Waals surface area contributed by atoms with Crippen LogP contribution in [0.3, 0.4) is 0 Å². The quantitative estimate of drug-likeness (QED) is 0.606. The zero-order valence-corrected chi connectivity index (χ0v) is 8.45. The first-order valence-corrected chi connectivity index (χ1v) is 5.53. The maximum absolute atomic E-state index is 4.44. The molecule has 12 heavy (non-hydrogen) atoms. The van der Waals surface area contributed by atoms with Crippen LogP contribution in [0.2, 0.25) is 0 Å². The highest BCUT2D eigenvalue weighted by Crippen LogP contribution is 2.21. The van der Waals surface area contributed by atoms with Crippen LogP contribution in [0.5, 0.6) is 0 Å². The van der Waals surface area contributed by atoms with Crippen molar-refractivity contribution in [2.45, 2.75) is 19.8 Å². The molecule has 1 aromatic heterocycles. The van der Waals surface area contributed by atoms with Gasteiger partial charge in [-0.1, -0.05) is 0 Å². The Balaban J connectivity index is 2.44. The van der Waals surface area contributed by atoms with Gasteiger partial charge in [0, 0.05) is 12.7 Å². The topological polar surface area (TPSA) is 17.8 Å². The van der Waals surface area contributed by atoms with Crippen molar-refractivity contribution in [3.05, 3.63) is 17.0 Å². The van der Waals surface area contributed by atoms with Crippen molar-refractivity contribution in [2.75, 3.05) is 11.5 Å². The second-order valence-corrected chi connectivity index (χ2v) is 4.47. The van der Waals surface area contributed by atoms with Gasteiger partial charge < -0.3 is 0 Å². The lowest BCUT2D eigenvalue weighted by atomic mass is 10.1. The third-order valence-corrected chi connectivity index (χ3v) is 3.44. The van der Waals surface area contributed by atoms with Crippen LogP contribution in [0.4, 0.5) is 0 Å². The van der Waals surface area contributed by atoms with E-state index in [4.69, 9.17) is 0 Å². The van der Waals surface area contributed by atoms with E-state index >= 15 is 0 Å². The fourth-order valence-electron chi connectivity index (χ4n) is 1.83. The average molecular weight is 182 g/mol. The van der Waals surface area contributed by atoms with Crippen LogP contribution in [0.25, 0.3) is 0 Å². The first kappa shape index (κ1) is 8.17. The Hall–Kier alpha value is -0.440. The lowest BCUT2D eigenvalue weighted by Crippen LogP contribution is -2.00. The van der Waals surface area contributed by atoms with E-state index in [1.165, 1.54) is 41.3 Å². The molecule has 1 aromatic rings. The minimum absolute atomic E-state index is 1.19. The summed E-state index contributed by atoms with van der Waals surface area (Å²) in [5, 5.41) is 4.44. The molecule has 0 aliphatic carbocycles. The molecule has 0 radical (unpaired) electrons. The van der Waals surface area contributed by atoms with Gasteiger partial charge in [0.1, 0.15) is 0 Å². The number of thioether (sulfide) groups is 1. The SMILES string of the molecule is Cc1nn(C)c2c1CCSCC2. The number of rotatable bonds is 0. The van der Waals surface area contributed by atoms with E-state index < -0.39 is 0 Å². The molecule has 0 aromatic carbocycles. The van der Waals surface area contributed by atoms with Crippen LogP contribution < -0.4 is 0 Å². The van der Waals surface area contributed by atoms with Crippen molar-refractivity contribution < 1.29 is 0 Å². The molecule has 0 bridgehead atoms. The van der Waals surface area contributed by atoms with Crippen LogP contribution >= 0.6 is 11.8 Å². The second kappa shape index (κ2) is 3.13. The molecule has 0 saturated heterocycles. The first-order chi connectivity index (χ1) is 5.79. The summed E-state index contributed by atoms with van der Waals surface area (Å²) in [4.78, 5) is 0. The van der Waals surface area contributed by atoms with Gasteiger partial charge in [0.25, 0.3) is 0 Å². The summed E-state index contributed by atoms with van der Waals surface area (Å²) < 4.78 is 2.05. The van der Waals surface area contributed by atoms with Gasteiger partial charge in [-0.15, -0.1) is 0 Å². The Morgan fingerprint density at radius 1 is 1.33 bits per heavy atom. The smallest absolute Gasteiger partial charge is 0.0628 e. The van der Waals surface area contributed by atoms with Crippen LogP contribution in [0, 0.1) is 6.92 Å². The van der Waals surface area contributed by atoms with Gasteiger partial charge >= 0.3 is 0 Å². The Morgan fingerprint density at radius 3 is 2.92 bits per heavy atom. The maximum atomic E-state index is 4.44. The predicted molar refractivity (Wildman–Crippen MR) is 52.7 cm³/mol. The monoisotopic (exact) mass is 182 g/mol. The lowest BCUT2D eigenvalue weighted by Gasteiger charge is -1.99. The van der Waals surface area contributed by atoms with Crippen LogP contribution in [-0.2, 0) is 19.9 Å². The molecule has 2 rings (SSSR count). The molecule has 1 aliphatic heterocycles. The first-order valence-electron chi connectivity index (χ1n) is 4.38. The fourth-order valence-corrected chi connectivity index (χ4v) is 2.72. The molecular formula is C9H14N2S. The van der Waals surface area contributed by atoms with Crippen molar-refractivity contribution in [3.8, 4) is 0 Å². The average Bonchev–Trinajstić information content (AvgIpc) is 2.29. The van der Waals surface area contributed by atoms with Crippen molar-refractivity contribution in [1.29, 1.82) is 0 Å². The number of fused-ring (bicyclic) bond motifs is 1. The normalized spacial score (nSPS) is 17.2. The Kier molecular flexibility index (Phi) is 2.13. The highest BCUT2D eigenvalue weighted by Gasteiger charge is 2.14. The van der Waals surface area contributed by atoms with Gasteiger partial charge in [-0.25, -0.2) is 0 Å². The van der Waals surface area contributed by atoms with Crippen molar-refractivity contribution >= 4 is 11.8 Å². The van der Waals surface area contributed by atoms with Gasteiger partial charge in [-0.3, -0.25) is 4.68 Å². The minimum Gasteiger partial charge on any atom is -0.272 e. The fraction of sp³-hybridized carbons (Fsp3) is 0.667. The number of hydrogen-bond donors (Lipinski definition) is 0. The van der Waals surface area contributed by atoms with Gasteiger partial charge in [0.2, 0.25) is 0 Å². The number of nitrogens with zero attached hydrogens (tertiary/aromatic N) is 2. The molecular weight excluding hydrogens is 168 g/mol. The molecule has 0 amide bonds. The van der Waals surface area contributed by atoms with E-state index in [0.29, 0.717) is 0 Å². The second-order valence-electron chi connectivity index (χ2n) is 3.25. The third-order valence-electron chi connectivity index (χ3n) is 2.46. The zero-order chi connectivity index (χ0) is 8.55. The van der Waals surface area contributed by atoms with Gasteiger partial charge in [0.05, 0.1) is 5.69 Å². The number of aromatic nitrogens is 2. The molecule has 0 unspecified atom stereocenters. The molecule has 0 spiro atoms. The van der Waals surface area contributed by atoms with E-state index in [1.54, 1.807) is 0 Å². The van der Waals surface area contributed by atoms with E-state index in [1.807, 2.05) is 0 Å². The van der Waals surface area contributed by atoms with Gasteiger partial charge in [-0.2, -0.15) is 16.9 Å². The summed E-state index contributed by atoms with van der Waals surface area (Å²) in [6.45, 7) is 2.12. The summed E-state index contributed by atoms with van der Waals surface area (Å²) in [5.74, 6) is 2.52. The van der Waals surface area contributed by atoms with E-state index in [2.05, 4.69) is 35.5 Å². The largest absolute Gasteiger partial charge is 0.272 e. The molecule has 2 heterocycles. The predicted octanol–water partition coefficient (Wildman–Crippen LogP) is 1.56. The van der Waals surface area contributed by atoms with E-state index in [-0.39, 0.29) is 0 Å². The summed E-state index contributed by atoms with van der Waals surface area (Å²) in [7, 11) is 2.06. The standard InChI is InChI=1S/C9H14N2S/c1-7-8-3-5-12-6-4-9(8)11(2)10-7/h3-6H2,1-2H3. The van der Waals surface area contributed by atoms with Crippen molar-refractivity contribution in [1.82, 2.24) is 9.78 Å². The van der Waals surface area contributed by atoms with E-state index in [9.17, 15) is 0 Å². The summed E-state index contributed by atoms with van der Waals surface area (Å²) in [6, 6.07) is 0. The van der Waals surface area contributed by atoms with Crippen LogP contribution in [0.15, 0.2) is 0 Å².